The minimum Gasteiger partial charge on any atom is -0.378 e. The van der Waals surface area contributed by atoms with Crippen molar-refractivity contribution in [2.24, 2.45) is 11.8 Å². The lowest BCUT2D eigenvalue weighted by molar-refractivity contribution is -0.103. The normalized spacial score (nSPS) is 30.7. The Bertz CT molecular complexity index is 474. The summed E-state index contributed by atoms with van der Waals surface area (Å²) in [5, 5.41) is 0. The molecule has 1 aromatic heterocycles. The molecule has 21 heavy (non-hydrogen) atoms. The van der Waals surface area contributed by atoms with Crippen molar-refractivity contribution in [3.8, 4) is 0 Å². The number of nitrogens with zero attached hydrogens (tertiary/aromatic N) is 1. The summed E-state index contributed by atoms with van der Waals surface area (Å²) in [6.45, 7) is 4.45. The van der Waals surface area contributed by atoms with Gasteiger partial charge in [0.2, 0.25) is 0 Å². The SMILES string of the molecule is CCc1cccnc1C(NN)C1CCOC2(CCOC2)C1. The van der Waals surface area contributed by atoms with E-state index < -0.39 is 0 Å². The zero-order valence-electron chi connectivity index (χ0n) is 12.7. The van der Waals surface area contributed by atoms with E-state index in [0.29, 0.717) is 12.5 Å². The Kier molecular flexibility index (Phi) is 4.54. The minimum atomic E-state index is -0.0980. The Balaban J connectivity index is 1.82. The third kappa shape index (κ3) is 2.97. The molecule has 3 heterocycles. The number of aryl methyl sites for hydroxylation is 1. The first kappa shape index (κ1) is 14.9. The number of pyridine rings is 1. The summed E-state index contributed by atoms with van der Waals surface area (Å²) in [4.78, 5) is 4.60. The molecule has 0 radical (unpaired) electrons. The van der Waals surface area contributed by atoms with Gasteiger partial charge in [0.1, 0.15) is 0 Å². The highest BCUT2D eigenvalue weighted by atomic mass is 16.6. The zero-order chi connectivity index (χ0) is 14.7. The number of nitrogens with one attached hydrogen (secondary N) is 1. The first-order valence-corrected chi connectivity index (χ1v) is 7.89. The topological polar surface area (TPSA) is 69.4 Å². The molecular formula is C16H25N3O2. The average Bonchev–Trinajstić information content (AvgIpc) is 2.96. The van der Waals surface area contributed by atoms with Gasteiger partial charge in [0.15, 0.2) is 0 Å². The van der Waals surface area contributed by atoms with Crippen LogP contribution >= 0.6 is 0 Å². The fourth-order valence-corrected chi connectivity index (χ4v) is 3.68. The molecular weight excluding hydrogens is 266 g/mol. The molecule has 1 spiro atoms. The number of ether oxygens (including phenoxy) is 2. The minimum absolute atomic E-state index is 0.0857. The maximum atomic E-state index is 6.03. The van der Waals surface area contributed by atoms with Crippen LogP contribution in [0.1, 0.15) is 43.5 Å². The molecule has 2 aliphatic rings. The number of hydrogen-bond donors (Lipinski definition) is 2. The maximum Gasteiger partial charge on any atom is 0.0940 e. The van der Waals surface area contributed by atoms with Crippen LogP contribution < -0.4 is 11.3 Å². The van der Waals surface area contributed by atoms with E-state index in [2.05, 4.69) is 23.4 Å². The van der Waals surface area contributed by atoms with E-state index in [1.54, 1.807) is 0 Å². The third-order valence-electron chi connectivity index (χ3n) is 4.85. The molecule has 5 heteroatoms. The standard InChI is InChI=1S/C16H25N3O2/c1-2-12-4-3-7-18-14(12)15(19-17)13-5-8-21-16(10-13)6-9-20-11-16/h3-4,7,13,15,19H,2,5-6,8-11,17H2,1H3. The van der Waals surface area contributed by atoms with E-state index in [1.807, 2.05) is 12.3 Å². The molecule has 5 nitrogen and oxygen atoms in total. The fraction of sp³-hybridized carbons (Fsp3) is 0.688. The molecule has 0 bridgehead atoms. The lowest BCUT2D eigenvalue weighted by Gasteiger charge is -2.40. The van der Waals surface area contributed by atoms with Crippen molar-refractivity contribution in [3.05, 3.63) is 29.6 Å². The van der Waals surface area contributed by atoms with Gasteiger partial charge < -0.3 is 9.47 Å². The Morgan fingerprint density at radius 3 is 3.14 bits per heavy atom. The zero-order valence-corrected chi connectivity index (χ0v) is 12.7. The van der Waals surface area contributed by atoms with Gasteiger partial charge in [0, 0.05) is 25.8 Å². The highest BCUT2D eigenvalue weighted by molar-refractivity contribution is 5.23. The van der Waals surface area contributed by atoms with E-state index in [0.717, 1.165) is 44.6 Å². The first-order chi connectivity index (χ1) is 10.3. The van der Waals surface area contributed by atoms with Gasteiger partial charge in [0.25, 0.3) is 0 Å². The van der Waals surface area contributed by atoms with Crippen LogP contribution in [-0.4, -0.2) is 30.4 Å². The largest absolute Gasteiger partial charge is 0.378 e. The molecule has 3 rings (SSSR count). The second-order valence-electron chi connectivity index (χ2n) is 6.13. The van der Waals surface area contributed by atoms with Gasteiger partial charge in [-0.05, 0) is 36.8 Å². The lowest BCUT2D eigenvalue weighted by Crippen LogP contribution is -2.45. The van der Waals surface area contributed by atoms with Crippen LogP contribution in [0.4, 0.5) is 0 Å². The molecule has 0 aliphatic carbocycles. The van der Waals surface area contributed by atoms with Crippen LogP contribution in [0.25, 0.3) is 0 Å². The molecule has 116 valence electrons. The van der Waals surface area contributed by atoms with E-state index in [9.17, 15) is 0 Å². The summed E-state index contributed by atoms with van der Waals surface area (Å²) in [7, 11) is 0. The summed E-state index contributed by atoms with van der Waals surface area (Å²) >= 11 is 0. The van der Waals surface area contributed by atoms with Gasteiger partial charge in [-0.3, -0.25) is 16.3 Å². The van der Waals surface area contributed by atoms with Crippen molar-refractivity contribution < 1.29 is 9.47 Å². The first-order valence-electron chi connectivity index (χ1n) is 7.89. The lowest BCUT2D eigenvalue weighted by atomic mass is 9.79. The molecule has 1 aromatic rings. The van der Waals surface area contributed by atoms with Crippen LogP contribution in [-0.2, 0) is 15.9 Å². The van der Waals surface area contributed by atoms with Gasteiger partial charge in [-0.2, -0.15) is 0 Å². The Labute approximate surface area is 126 Å². The Morgan fingerprint density at radius 2 is 2.43 bits per heavy atom. The van der Waals surface area contributed by atoms with Gasteiger partial charge in [-0.25, -0.2) is 0 Å². The monoisotopic (exact) mass is 291 g/mol. The van der Waals surface area contributed by atoms with Crippen molar-refractivity contribution in [2.75, 3.05) is 19.8 Å². The number of hydrazine groups is 1. The van der Waals surface area contributed by atoms with Crippen LogP contribution in [0.3, 0.4) is 0 Å². The smallest absolute Gasteiger partial charge is 0.0940 e. The number of aromatic nitrogens is 1. The van der Waals surface area contributed by atoms with Crippen molar-refractivity contribution in [3.63, 3.8) is 0 Å². The van der Waals surface area contributed by atoms with Crippen LogP contribution in [0.5, 0.6) is 0 Å². The third-order valence-corrected chi connectivity index (χ3v) is 4.85. The van der Waals surface area contributed by atoms with E-state index in [1.165, 1.54) is 5.56 Å². The van der Waals surface area contributed by atoms with Crippen LogP contribution in [0.2, 0.25) is 0 Å². The van der Waals surface area contributed by atoms with Crippen molar-refractivity contribution in [1.29, 1.82) is 0 Å². The molecule has 2 saturated heterocycles. The fourth-order valence-electron chi connectivity index (χ4n) is 3.68. The maximum absolute atomic E-state index is 6.03. The number of hydrogen-bond acceptors (Lipinski definition) is 5. The second kappa shape index (κ2) is 6.40. The van der Waals surface area contributed by atoms with Crippen molar-refractivity contribution in [2.45, 2.75) is 44.2 Å². The van der Waals surface area contributed by atoms with E-state index in [4.69, 9.17) is 15.3 Å². The van der Waals surface area contributed by atoms with Gasteiger partial charge in [0.05, 0.1) is 23.9 Å². The molecule has 3 N–H and O–H groups in total. The predicted octanol–water partition coefficient (Wildman–Crippen LogP) is 1.73. The van der Waals surface area contributed by atoms with Gasteiger partial charge >= 0.3 is 0 Å². The Morgan fingerprint density at radius 1 is 1.52 bits per heavy atom. The van der Waals surface area contributed by atoms with Crippen LogP contribution in [0.15, 0.2) is 18.3 Å². The highest BCUT2D eigenvalue weighted by Crippen LogP contribution is 2.40. The summed E-state index contributed by atoms with van der Waals surface area (Å²) in [6, 6.07) is 4.22. The predicted molar refractivity (Wildman–Crippen MR) is 80.5 cm³/mol. The molecule has 2 aliphatic heterocycles. The summed E-state index contributed by atoms with van der Waals surface area (Å²) < 4.78 is 11.6. The molecule has 2 fully saturated rings. The molecule has 0 saturated carbocycles. The number of rotatable bonds is 4. The Hall–Kier alpha value is -1.01. The van der Waals surface area contributed by atoms with Crippen LogP contribution in [0, 0.1) is 5.92 Å². The van der Waals surface area contributed by atoms with E-state index >= 15 is 0 Å². The summed E-state index contributed by atoms with van der Waals surface area (Å²) in [6.07, 6.45) is 5.81. The van der Waals surface area contributed by atoms with Crippen molar-refractivity contribution in [1.82, 2.24) is 10.4 Å². The molecule has 3 unspecified atom stereocenters. The molecule has 0 amide bonds. The van der Waals surface area contributed by atoms with Gasteiger partial charge in [-0.15, -0.1) is 0 Å². The molecule has 0 aromatic carbocycles. The highest BCUT2D eigenvalue weighted by Gasteiger charge is 2.43. The second-order valence-corrected chi connectivity index (χ2v) is 6.13. The van der Waals surface area contributed by atoms with E-state index in [-0.39, 0.29) is 11.6 Å². The molecule has 3 atom stereocenters. The van der Waals surface area contributed by atoms with Crippen molar-refractivity contribution >= 4 is 0 Å². The quantitative estimate of drug-likeness (QED) is 0.653. The summed E-state index contributed by atoms with van der Waals surface area (Å²) in [5.74, 6) is 6.32. The van der Waals surface area contributed by atoms with Gasteiger partial charge in [-0.1, -0.05) is 13.0 Å². The average molecular weight is 291 g/mol. The summed E-state index contributed by atoms with van der Waals surface area (Å²) in [5.41, 5.74) is 5.27. The number of nitrogens with two attached hydrogens (primary N) is 1.